The zero-order valence-electron chi connectivity index (χ0n) is 14.1. The van der Waals surface area contributed by atoms with Gasteiger partial charge in [0.05, 0.1) is 14.2 Å². The Labute approximate surface area is 141 Å². The van der Waals surface area contributed by atoms with Crippen molar-refractivity contribution in [2.24, 2.45) is 0 Å². The lowest BCUT2D eigenvalue weighted by Crippen LogP contribution is -2.33. The summed E-state index contributed by atoms with van der Waals surface area (Å²) in [5, 5.41) is 10.4. The largest absolute Gasteiger partial charge is 0.504 e. The first-order valence-electron chi connectivity index (χ1n) is 8.10. The van der Waals surface area contributed by atoms with E-state index in [9.17, 15) is 5.11 Å². The molecule has 2 aliphatic heterocycles. The van der Waals surface area contributed by atoms with Crippen molar-refractivity contribution in [1.29, 1.82) is 0 Å². The second kappa shape index (κ2) is 5.60. The van der Waals surface area contributed by atoms with Crippen LogP contribution in [0.5, 0.6) is 28.7 Å². The number of phenols is 1. The molecule has 2 aromatic rings. The van der Waals surface area contributed by atoms with Crippen molar-refractivity contribution >= 4 is 0 Å². The van der Waals surface area contributed by atoms with Gasteiger partial charge in [-0.1, -0.05) is 12.1 Å². The average molecular weight is 327 g/mol. The Hall–Kier alpha value is -2.40. The normalized spacial score (nSPS) is 18.9. The third kappa shape index (κ3) is 2.12. The van der Waals surface area contributed by atoms with Gasteiger partial charge in [0, 0.05) is 23.7 Å². The topological polar surface area (TPSA) is 51.2 Å². The second-order valence-electron chi connectivity index (χ2n) is 6.33. The van der Waals surface area contributed by atoms with Crippen LogP contribution < -0.4 is 14.2 Å². The van der Waals surface area contributed by atoms with Gasteiger partial charge >= 0.3 is 0 Å². The number of ether oxygens (including phenoxy) is 3. The van der Waals surface area contributed by atoms with Gasteiger partial charge in [0.2, 0.25) is 5.75 Å². The average Bonchev–Trinajstić information content (AvgIpc) is 2.77. The summed E-state index contributed by atoms with van der Waals surface area (Å²) in [4.78, 5) is 2.32. The van der Waals surface area contributed by atoms with E-state index >= 15 is 0 Å². The van der Waals surface area contributed by atoms with Crippen molar-refractivity contribution in [3.8, 4) is 28.7 Å². The summed E-state index contributed by atoms with van der Waals surface area (Å²) >= 11 is 0. The molecular formula is C19H21NO4. The maximum atomic E-state index is 10.4. The first-order chi connectivity index (χ1) is 11.6. The molecule has 5 nitrogen and oxygen atoms in total. The fourth-order valence-electron chi connectivity index (χ4n) is 3.77. The van der Waals surface area contributed by atoms with Crippen LogP contribution >= 0.6 is 0 Å². The molecule has 2 aliphatic rings. The first-order valence-corrected chi connectivity index (χ1v) is 8.10. The number of aromatic hydroxyl groups is 1. The number of hydrogen-bond donors (Lipinski definition) is 1. The number of nitrogens with zero attached hydrogens (tertiary/aromatic N) is 1. The fourth-order valence-corrected chi connectivity index (χ4v) is 3.77. The molecule has 0 radical (unpaired) electrons. The Kier molecular flexibility index (Phi) is 3.53. The summed E-state index contributed by atoms with van der Waals surface area (Å²) in [6, 6.07) is 7.82. The van der Waals surface area contributed by atoms with E-state index in [0.717, 1.165) is 30.5 Å². The molecule has 0 spiro atoms. The van der Waals surface area contributed by atoms with Crippen LogP contribution in [0.25, 0.3) is 0 Å². The predicted molar refractivity (Wildman–Crippen MR) is 90.5 cm³/mol. The smallest absolute Gasteiger partial charge is 0.204 e. The van der Waals surface area contributed by atoms with E-state index in [1.54, 1.807) is 20.3 Å². The van der Waals surface area contributed by atoms with Crippen molar-refractivity contribution in [2.75, 3.05) is 27.8 Å². The molecule has 0 saturated heterocycles. The minimum atomic E-state index is 0.159. The van der Waals surface area contributed by atoms with Crippen molar-refractivity contribution in [3.05, 3.63) is 41.0 Å². The van der Waals surface area contributed by atoms with Crippen LogP contribution in [-0.2, 0) is 12.8 Å². The molecule has 5 heteroatoms. The van der Waals surface area contributed by atoms with E-state index in [-0.39, 0.29) is 11.8 Å². The zero-order valence-corrected chi connectivity index (χ0v) is 14.1. The molecule has 126 valence electrons. The number of phenolic OH excluding ortho intramolecular Hbond substituents is 1. The van der Waals surface area contributed by atoms with Gasteiger partial charge in [-0.05, 0) is 37.6 Å². The summed E-state index contributed by atoms with van der Waals surface area (Å²) in [5.74, 6) is 2.51. The summed E-state index contributed by atoms with van der Waals surface area (Å²) in [7, 11) is 5.33. The van der Waals surface area contributed by atoms with E-state index < -0.39 is 0 Å². The van der Waals surface area contributed by atoms with E-state index in [4.69, 9.17) is 14.2 Å². The highest BCUT2D eigenvalue weighted by Gasteiger charge is 2.35. The minimum absolute atomic E-state index is 0.159. The Morgan fingerprint density at radius 1 is 1.08 bits per heavy atom. The quantitative estimate of drug-likeness (QED) is 0.917. The van der Waals surface area contributed by atoms with E-state index in [1.165, 1.54) is 5.56 Å². The Balaban J connectivity index is 1.97. The molecule has 0 aromatic heterocycles. The molecule has 4 rings (SSSR count). The van der Waals surface area contributed by atoms with Crippen molar-refractivity contribution in [2.45, 2.75) is 18.9 Å². The maximum Gasteiger partial charge on any atom is 0.204 e. The number of fused-ring (bicyclic) bond motifs is 1. The number of benzene rings is 2. The second-order valence-corrected chi connectivity index (χ2v) is 6.33. The summed E-state index contributed by atoms with van der Waals surface area (Å²) < 4.78 is 17.1. The lowest BCUT2D eigenvalue weighted by atomic mass is 9.88. The summed E-state index contributed by atoms with van der Waals surface area (Å²) in [6.45, 7) is 0.991. The molecular weight excluding hydrogens is 306 g/mol. The van der Waals surface area contributed by atoms with E-state index in [1.807, 2.05) is 18.2 Å². The molecule has 2 heterocycles. The molecule has 0 fully saturated rings. The van der Waals surface area contributed by atoms with Crippen LogP contribution in [0.1, 0.15) is 22.7 Å². The van der Waals surface area contributed by atoms with Crippen LogP contribution in [0.15, 0.2) is 24.3 Å². The van der Waals surface area contributed by atoms with Crippen LogP contribution in [0.2, 0.25) is 0 Å². The van der Waals surface area contributed by atoms with Crippen LogP contribution in [0.4, 0.5) is 0 Å². The molecule has 1 N–H and O–H groups in total. The van der Waals surface area contributed by atoms with Crippen LogP contribution in [-0.4, -0.2) is 37.8 Å². The number of rotatable bonds is 2. The van der Waals surface area contributed by atoms with Gasteiger partial charge in [0.15, 0.2) is 23.0 Å². The number of methoxy groups -OCH3 is 2. The fraction of sp³-hybridized carbons (Fsp3) is 0.368. The van der Waals surface area contributed by atoms with Crippen molar-refractivity contribution < 1.29 is 19.3 Å². The lowest BCUT2D eigenvalue weighted by molar-refractivity contribution is 0.228. The van der Waals surface area contributed by atoms with Gasteiger partial charge in [0.25, 0.3) is 0 Å². The third-order valence-corrected chi connectivity index (χ3v) is 5.06. The Morgan fingerprint density at radius 3 is 2.62 bits per heavy atom. The van der Waals surface area contributed by atoms with Gasteiger partial charge in [-0.3, -0.25) is 4.90 Å². The molecule has 0 unspecified atom stereocenters. The predicted octanol–water partition coefficient (Wildman–Crippen LogP) is 3.29. The van der Waals surface area contributed by atoms with Crippen LogP contribution in [0, 0.1) is 0 Å². The molecule has 0 bridgehead atoms. The van der Waals surface area contributed by atoms with Gasteiger partial charge < -0.3 is 19.3 Å². The Bertz CT molecular complexity index is 802. The maximum absolute atomic E-state index is 10.4. The van der Waals surface area contributed by atoms with Gasteiger partial charge in [-0.15, -0.1) is 0 Å². The molecule has 1 atom stereocenters. The monoisotopic (exact) mass is 327 g/mol. The number of hydrogen-bond acceptors (Lipinski definition) is 5. The standard InChI is InChI=1S/C19H21NO4/c1-20-9-8-11-4-6-14(21)18-16(11)13(20)10-12-5-7-15(22-2)19(23-3)17(12)24-18/h4-7,13,21H,8-10H2,1-3H3/t13-/m0/s1. The number of likely N-dealkylation sites (N-methyl/N-ethyl adjacent to an activating group) is 1. The molecule has 24 heavy (non-hydrogen) atoms. The highest BCUT2D eigenvalue weighted by molar-refractivity contribution is 5.63. The third-order valence-electron chi connectivity index (χ3n) is 5.06. The van der Waals surface area contributed by atoms with Gasteiger partial charge in [0.1, 0.15) is 0 Å². The van der Waals surface area contributed by atoms with Crippen LogP contribution in [0.3, 0.4) is 0 Å². The highest BCUT2D eigenvalue weighted by atomic mass is 16.5. The first kappa shape index (κ1) is 15.1. The summed E-state index contributed by atoms with van der Waals surface area (Å²) in [5.41, 5.74) is 3.37. The van der Waals surface area contributed by atoms with Crippen molar-refractivity contribution in [3.63, 3.8) is 0 Å². The van der Waals surface area contributed by atoms with Crippen molar-refractivity contribution in [1.82, 2.24) is 4.90 Å². The SMILES string of the molecule is COc1ccc2c(c1OC)Oc1c(O)ccc3c1[C@H](C2)N(C)CC3. The van der Waals surface area contributed by atoms with Gasteiger partial charge in [-0.2, -0.15) is 0 Å². The van der Waals surface area contributed by atoms with E-state index in [0.29, 0.717) is 23.0 Å². The lowest BCUT2D eigenvalue weighted by Gasteiger charge is -2.34. The highest BCUT2D eigenvalue weighted by Crippen LogP contribution is 2.52. The van der Waals surface area contributed by atoms with E-state index in [2.05, 4.69) is 11.9 Å². The molecule has 2 aromatic carbocycles. The minimum Gasteiger partial charge on any atom is -0.504 e. The zero-order chi connectivity index (χ0) is 16.8. The summed E-state index contributed by atoms with van der Waals surface area (Å²) in [6.07, 6.45) is 1.76. The molecule has 0 saturated carbocycles. The molecule has 0 aliphatic carbocycles. The Morgan fingerprint density at radius 2 is 1.88 bits per heavy atom. The molecule has 0 amide bonds. The van der Waals surface area contributed by atoms with Gasteiger partial charge in [-0.25, -0.2) is 0 Å².